The molecule has 29 heavy (non-hydrogen) atoms. The Bertz CT molecular complexity index is 1010. The summed E-state index contributed by atoms with van der Waals surface area (Å²) in [6, 6.07) is 17.0. The molecule has 0 saturated carbocycles. The average Bonchev–Trinajstić information content (AvgIpc) is 3.10. The highest BCUT2D eigenvalue weighted by Crippen LogP contribution is 2.22. The summed E-state index contributed by atoms with van der Waals surface area (Å²) < 4.78 is 1.92. The van der Waals surface area contributed by atoms with E-state index in [-0.39, 0.29) is 11.9 Å². The lowest BCUT2D eigenvalue weighted by Crippen LogP contribution is -2.61. The molecule has 2 aromatic carbocycles. The predicted molar refractivity (Wildman–Crippen MR) is 112 cm³/mol. The van der Waals surface area contributed by atoms with Crippen LogP contribution in [0.15, 0.2) is 59.6 Å². The van der Waals surface area contributed by atoms with Crippen LogP contribution in [0.1, 0.15) is 18.1 Å². The van der Waals surface area contributed by atoms with Crippen molar-refractivity contribution in [2.24, 2.45) is 4.99 Å². The van der Waals surface area contributed by atoms with Crippen LogP contribution >= 0.6 is 0 Å². The molecule has 2 heterocycles. The average molecular weight is 390 g/mol. The monoisotopic (exact) mass is 390 g/mol. The van der Waals surface area contributed by atoms with Gasteiger partial charge in [0.2, 0.25) is 11.9 Å². The van der Waals surface area contributed by atoms with Crippen molar-refractivity contribution in [2.45, 2.75) is 25.9 Å². The van der Waals surface area contributed by atoms with Crippen LogP contribution in [0.25, 0.3) is 0 Å². The van der Waals surface area contributed by atoms with Crippen LogP contribution in [0.4, 0.5) is 10.5 Å². The Balaban J connectivity index is 1.74. The first-order valence-electron chi connectivity index (χ1n) is 9.67. The molecule has 0 aliphatic carbocycles. The lowest BCUT2D eigenvalue weighted by Gasteiger charge is -2.31. The number of anilines is 1. The second-order valence-electron chi connectivity index (χ2n) is 7.22. The fourth-order valence-electron chi connectivity index (χ4n) is 3.60. The Morgan fingerprint density at radius 3 is 2.31 bits per heavy atom. The number of urea groups is 1. The number of likely N-dealkylation sites (N-methyl/N-ethyl adjacent to an activating group) is 2. The Morgan fingerprint density at radius 1 is 0.966 bits per heavy atom. The second kappa shape index (κ2) is 7.50. The Labute approximate surface area is 170 Å². The molecule has 0 aromatic heterocycles. The van der Waals surface area contributed by atoms with Crippen molar-refractivity contribution in [1.29, 1.82) is 0 Å². The van der Waals surface area contributed by atoms with Crippen molar-refractivity contribution >= 4 is 29.4 Å². The summed E-state index contributed by atoms with van der Waals surface area (Å²) in [6.45, 7) is 2.61. The van der Waals surface area contributed by atoms with Gasteiger partial charge in [-0.3, -0.25) is 14.6 Å². The summed E-state index contributed by atoms with van der Waals surface area (Å²) in [5.74, 6) is 0.726. The van der Waals surface area contributed by atoms with Crippen LogP contribution in [-0.2, 0) is 17.8 Å². The number of aryl methyl sites for hydroxylation is 1. The lowest BCUT2D eigenvalue weighted by atomic mass is 10.1. The minimum Gasteiger partial charge on any atom is -0.270 e. The summed E-state index contributed by atoms with van der Waals surface area (Å²) in [4.78, 5) is 32.6. The number of hydrogen-bond acceptors (Lipinski definition) is 4. The molecule has 1 saturated heterocycles. The Kier molecular flexibility index (Phi) is 4.88. The standard InChI is InChI=1S/C22H23N5O2/c1-4-15-10-12-17(13-11-15)23-21-24-19-18(20(28)26(3)22(29)25(19)2)27(21)14-16-8-6-5-7-9-16/h5-13,18H,4,14H2,1-3H3/p+1. The van der Waals surface area contributed by atoms with E-state index in [1.54, 1.807) is 7.05 Å². The predicted octanol–water partition coefficient (Wildman–Crippen LogP) is 2.53. The van der Waals surface area contributed by atoms with Crippen molar-refractivity contribution in [3.63, 3.8) is 0 Å². The molecule has 4 rings (SSSR count). The number of imide groups is 1. The smallest absolute Gasteiger partial charge is 0.270 e. The molecule has 148 valence electrons. The van der Waals surface area contributed by atoms with Gasteiger partial charge >= 0.3 is 12.0 Å². The number of nitrogens with one attached hydrogen (secondary N) is 1. The number of amidine groups is 1. The van der Waals surface area contributed by atoms with Crippen LogP contribution in [0.2, 0.25) is 0 Å². The maximum atomic E-state index is 13.0. The molecule has 0 radical (unpaired) electrons. The highest BCUT2D eigenvalue weighted by Gasteiger charge is 2.51. The topological polar surface area (TPSA) is 68.0 Å². The maximum absolute atomic E-state index is 13.0. The molecule has 1 atom stereocenters. The largest absolute Gasteiger partial charge is 0.395 e. The highest BCUT2D eigenvalue weighted by molar-refractivity contribution is 6.23. The van der Waals surface area contributed by atoms with Gasteiger partial charge in [0.05, 0.1) is 12.2 Å². The molecule has 1 unspecified atom stereocenters. The maximum Gasteiger partial charge on any atom is 0.395 e. The number of aliphatic imine (C=N–C) groups is 1. The van der Waals surface area contributed by atoms with Crippen molar-refractivity contribution in [3.8, 4) is 0 Å². The fourth-order valence-corrected chi connectivity index (χ4v) is 3.60. The van der Waals surface area contributed by atoms with Crippen molar-refractivity contribution < 1.29 is 14.2 Å². The number of fused-ring (bicyclic) bond motifs is 1. The molecule has 2 aliphatic rings. The zero-order valence-corrected chi connectivity index (χ0v) is 16.8. The first-order valence-corrected chi connectivity index (χ1v) is 9.67. The zero-order valence-electron chi connectivity index (χ0n) is 16.8. The third kappa shape index (κ3) is 3.40. The summed E-state index contributed by atoms with van der Waals surface area (Å²) in [5, 5.41) is 3.34. The number of benzene rings is 2. The van der Waals surface area contributed by atoms with E-state index in [4.69, 9.17) is 0 Å². The van der Waals surface area contributed by atoms with E-state index in [9.17, 15) is 9.59 Å². The normalized spacial score (nSPS) is 18.9. The molecule has 3 amide bonds. The van der Waals surface area contributed by atoms with E-state index in [2.05, 4.69) is 29.4 Å². The number of rotatable bonds is 4. The van der Waals surface area contributed by atoms with E-state index < -0.39 is 6.04 Å². The van der Waals surface area contributed by atoms with Crippen LogP contribution in [-0.4, -0.2) is 58.2 Å². The Morgan fingerprint density at radius 2 is 1.66 bits per heavy atom. The molecule has 0 bridgehead atoms. The van der Waals surface area contributed by atoms with Gasteiger partial charge in [0.15, 0.2) is 0 Å². The van der Waals surface area contributed by atoms with Gasteiger partial charge in [0.1, 0.15) is 0 Å². The number of amides is 3. The van der Waals surface area contributed by atoms with E-state index in [0.717, 1.165) is 22.6 Å². The van der Waals surface area contributed by atoms with Gasteiger partial charge in [0, 0.05) is 14.1 Å². The van der Waals surface area contributed by atoms with Crippen LogP contribution in [0.5, 0.6) is 0 Å². The molecular weight excluding hydrogens is 366 g/mol. The fraction of sp³-hybridized carbons (Fsp3) is 0.273. The van der Waals surface area contributed by atoms with E-state index in [1.165, 1.54) is 17.5 Å². The van der Waals surface area contributed by atoms with Crippen molar-refractivity contribution in [2.75, 3.05) is 19.4 Å². The molecule has 2 aromatic rings. The van der Waals surface area contributed by atoms with Crippen molar-refractivity contribution in [1.82, 2.24) is 9.80 Å². The third-order valence-corrected chi connectivity index (χ3v) is 5.34. The molecule has 1 fully saturated rings. The van der Waals surface area contributed by atoms with Gasteiger partial charge in [-0.15, -0.1) is 0 Å². The molecule has 7 nitrogen and oxygen atoms in total. The minimum absolute atomic E-state index is 0.277. The number of nitrogens with zero attached hydrogens (tertiary/aromatic N) is 4. The number of guanidine groups is 1. The number of carbonyl (C=O) groups excluding carboxylic acids is 2. The number of carbonyl (C=O) groups is 2. The second-order valence-corrected chi connectivity index (χ2v) is 7.22. The van der Waals surface area contributed by atoms with Crippen LogP contribution < -0.4 is 5.32 Å². The number of hydrogen-bond donors (Lipinski definition) is 1. The first kappa shape index (κ1) is 18.9. The van der Waals surface area contributed by atoms with Crippen LogP contribution in [0, 0.1) is 0 Å². The van der Waals surface area contributed by atoms with Crippen molar-refractivity contribution in [3.05, 3.63) is 65.7 Å². The first-order chi connectivity index (χ1) is 14.0. The van der Waals surface area contributed by atoms with Gasteiger partial charge in [-0.25, -0.2) is 14.7 Å². The lowest BCUT2D eigenvalue weighted by molar-refractivity contribution is -0.551. The van der Waals surface area contributed by atoms with E-state index >= 15 is 0 Å². The van der Waals surface area contributed by atoms with E-state index in [0.29, 0.717) is 18.3 Å². The molecule has 0 spiro atoms. The molecular formula is C22H24N5O2+. The van der Waals surface area contributed by atoms with Gasteiger partial charge in [0.25, 0.3) is 5.91 Å². The van der Waals surface area contributed by atoms with Gasteiger partial charge < -0.3 is 0 Å². The molecule has 2 aliphatic heterocycles. The summed E-state index contributed by atoms with van der Waals surface area (Å²) in [5.41, 5.74) is 3.18. The summed E-state index contributed by atoms with van der Waals surface area (Å²) in [7, 11) is 3.16. The van der Waals surface area contributed by atoms with Gasteiger partial charge in [-0.2, -0.15) is 0 Å². The quantitative estimate of drug-likeness (QED) is 0.816. The summed E-state index contributed by atoms with van der Waals surface area (Å²) in [6.07, 6.45) is 0.967. The molecule has 7 heteroatoms. The summed E-state index contributed by atoms with van der Waals surface area (Å²) >= 11 is 0. The third-order valence-electron chi connectivity index (χ3n) is 5.34. The SMILES string of the molecule is CCc1ccc(NC2=[N+](Cc3ccccc3)C3C(=O)N(C)C(=O)N(C)C3=N2)cc1. The minimum atomic E-state index is -0.639. The van der Waals surface area contributed by atoms with E-state index in [1.807, 2.05) is 47.0 Å². The van der Waals surface area contributed by atoms with Gasteiger partial charge in [-0.05, 0) is 29.7 Å². The molecule has 1 N–H and O–H groups in total. The Hall–Kier alpha value is -3.48. The highest BCUT2D eigenvalue weighted by atomic mass is 16.2. The zero-order chi connectivity index (χ0) is 20.5. The van der Waals surface area contributed by atoms with Crippen LogP contribution in [0.3, 0.4) is 0 Å². The van der Waals surface area contributed by atoms with Gasteiger partial charge in [-0.1, -0.05) is 54.4 Å².